The SMILES string of the molecule is CC(Oc1ccc(F)cc1)C(=O)NC1C2CCCC1CC(N)C2. The Kier molecular flexibility index (Phi) is 4.85. The predicted molar refractivity (Wildman–Crippen MR) is 86.5 cm³/mol. The summed E-state index contributed by atoms with van der Waals surface area (Å²) >= 11 is 0. The van der Waals surface area contributed by atoms with Crippen molar-refractivity contribution in [3.05, 3.63) is 30.1 Å². The average Bonchev–Trinajstić information content (AvgIpc) is 2.50. The number of fused-ring (bicyclic) bond motifs is 2. The number of nitrogens with one attached hydrogen (secondary N) is 1. The molecule has 0 spiro atoms. The highest BCUT2D eigenvalue weighted by Gasteiger charge is 2.40. The summed E-state index contributed by atoms with van der Waals surface area (Å²) in [6.07, 6.45) is 4.90. The van der Waals surface area contributed by atoms with E-state index in [2.05, 4.69) is 5.32 Å². The Morgan fingerprint density at radius 1 is 1.26 bits per heavy atom. The highest BCUT2D eigenvalue weighted by Crippen LogP contribution is 2.39. The fourth-order valence-electron chi connectivity index (χ4n) is 4.08. The quantitative estimate of drug-likeness (QED) is 0.896. The molecule has 5 heteroatoms. The van der Waals surface area contributed by atoms with Crippen molar-refractivity contribution in [2.75, 3.05) is 0 Å². The van der Waals surface area contributed by atoms with Gasteiger partial charge in [-0.15, -0.1) is 0 Å². The first-order valence-corrected chi connectivity index (χ1v) is 8.51. The van der Waals surface area contributed by atoms with Crippen LogP contribution in [0.2, 0.25) is 0 Å². The largest absolute Gasteiger partial charge is 0.481 e. The molecule has 1 amide bonds. The molecule has 3 N–H and O–H groups in total. The number of ether oxygens (including phenoxy) is 1. The number of carbonyl (C=O) groups is 1. The zero-order chi connectivity index (χ0) is 16.4. The third kappa shape index (κ3) is 3.83. The second-order valence-electron chi connectivity index (χ2n) is 6.93. The Morgan fingerprint density at radius 2 is 1.87 bits per heavy atom. The van der Waals surface area contributed by atoms with Crippen LogP contribution >= 0.6 is 0 Å². The first-order valence-electron chi connectivity index (χ1n) is 8.51. The van der Waals surface area contributed by atoms with Gasteiger partial charge in [-0.25, -0.2) is 4.39 Å². The molecule has 0 radical (unpaired) electrons. The van der Waals surface area contributed by atoms with Gasteiger partial charge in [-0.1, -0.05) is 6.42 Å². The van der Waals surface area contributed by atoms with Crippen LogP contribution in [-0.2, 0) is 4.79 Å². The molecular weight excluding hydrogens is 295 g/mol. The van der Waals surface area contributed by atoms with E-state index in [1.807, 2.05) is 0 Å². The lowest BCUT2D eigenvalue weighted by atomic mass is 9.67. The summed E-state index contributed by atoms with van der Waals surface area (Å²) in [5.74, 6) is 1.05. The number of rotatable bonds is 4. The Labute approximate surface area is 136 Å². The van der Waals surface area contributed by atoms with E-state index in [0.717, 1.165) is 25.7 Å². The summed E-state index contributed by atoms with van der Waals surface area (Å²) in [6, 6.07) is 6.21. The Balaban J connectivity index is 1.58. The number of hydrogen-bond acceptors (Lipinski definition) is 3. The Hall–Kier alpha value is -1.62. The fraction of sp³-hybridized carbons (Fsp3) is 0.611. The van der Waals surface area contributed by atoms with Crippen molar-refractivity contribution >= 4 is 5.91 Å². The van der Waals surface area contributed by atoms with Crippen molar-refractivity contribution in [2.45, 2.75) is 57.2 Å². The van der Waals surface area contributed by atoms with Gasteiger partial charge >= 0.3 is 0 Å². The Bertz CT molecular complexity index is 534. The third-order valence-electron chi connectivity index (χ3n) is 5.18. The molecule has 2 saturated carbocycles. The molecule has 3 unspecified atom stereocenters. The van der Waals surface area contributed by atoms with Crippen LogP contribution in [0.3, 0.4) is 0 Å². The maximum Gasteiger partial charge on any atom is 0.261 e. The van der Waals surface area contributed by atoms with E-state index in [4.69, 9.17) is 10.5 Å². The number of carbonyl (C=O) groups excluding carboxylic acids is 1. The van der Waals surface area contributed by atoms with Crippen LogP contribution in [0.5, 0.6) is 5.75 Å². The van der Waals surface area contributed by atoms with E-state index in [0.29, 0.717) is 17.6 Å². The van der Waals surface area contributed by atoms with Gasteiger partial charge in [0, 0.05) is 12.1 Å². The van der Waals surface area contributed by atoms with Gasteiger partial charge in [-0.05, 0) is 68.7 Å². The molecule has 4 nitrogen and oxygen atoms in total. The summed E-state index contributed by atoms with van der Waals surface area (Å²) in [4.78, 5) is 12.5. The van der Waals surface area contributed by atoms with Gasteiger partial charge in [-0.3, -0.25) is 4.79 Å². The lowest BCUT2D eigenvalue weighted by Gasteiger charge is -2.45. The molecular formula is C18H25FN2O2. The van der Waals surface area contributed by atoms with Gasteiger partial charge in [0.2, 0.25) is 0 Å². The molecule has 0 aliphatic heterocycles. The number of amides is 1. The highest BCUT2D eigenvalue weighted by molar-refractivity contribution is 5.81. The second-order valence-corrected chi connectivity index (χ2v) is 6.93. The monoisotopic (exact) mass is 320 g/mol. The number of halogens is 1. The van der Waals surface area contributed by atoms with Crippen molar-refractivity contribution in [3.8, 4) is 5.75 Å². The van der Waals surface area contributed by atoms with Crippen LogP contribution in [0.25, 0.3) is 0 Å². The van der Waals surface area contributed by atoms with Gasteiger partial charge in [0.15, 0.2) is 6.10 Å². The molecule has 1 aromatic carbocycles. The van der Waals surface area contributed by atoms with E-state index in [9.17, 15) is 9.18 Å². The van der Waals surface area contributed by atoms with Crippen LogP contribution in [0.15, 0.2) is 24.3 Å². The van der Waals surface area contributed by atoms with Gasteiger partial charge in [0.1, 0.15) is 11.6 Å². The minimum absolute atomic E-state index is 0.105. The summed E-state index contributed by atoms with van der Waals surface area (Å²) < 4.78 is 18.5. The molecule has 0 aromatic heterocycles. The maximum absolute atomic E-state index is 12.9. The minimum Gasteiger partial charge on any atom is -0.481 e. The summed E-state index contributed by atoms with van der Waals surface area (Å²) in [5, 5.41) is 3.18. The first-order chi connectivity index (χ1) is 11.0. The van der Waals surface area contributed by atoms with E-state index in [1.54, 1.807) is 6.92 Å². The van der Waals surface area contributed by atoms with Crippen molar-refractivity contribution in [3.63, 3.8) is 0 Å². The molecule has 2 fully saturated rings. The highest BCUT2D eigenvalue weighted by atomic mass is 19.1. The third-order valence-corrected chi connectivity index (χ3v) is 5.18. The molecule has 2 bridgehead atoms. The summed E-state index contributed by atoms with van der Waals surface area (Å²) in [7, 11) is 0. The lowest BCUT2D eigenvalue weighted by Crippen LogP contribution is -2.55. The molecule has 23 heavy (non-hydrogen) atoms. The van der Waals surface area contributed by atoms with Gasteiger partial charge in [-0.2, -0.15) is 0 Å². The summed E-state index contributed by atoms with van der Waals surface area (Å²) in [5.41, 5.74) is 6.12. The zero-order valence-corrected chi connectivity index (χ0v) is 13.5. The normalized spacial score (nSPS) is 31.3. The van der Waals surface area contributed by atoms with Crippen LogP contribution in [-0.4, -0.2) is 24.1 Å². The molecule has 3 rings (SSSR count). The van der Waals surface area contributed by atoms with E-state index >= 15 is 0 Å². The van der Waals surface area contributed by atoms with E-state index in [1.165, 1.54) is 30.7 Å². The molecule has 1 aromatic rings. The fourth-order valence-corrected chi connectivity index (χ4v) is 4.08. The molecule has 2 aliphatic rings. The smallest absolute Gasteiger partial charge is 0.261 e. The van der Waals surface area contributed by atoms with Gasteiger partial charge < -0.3 is 15.8 Å². The molecule has 126 valence electrons. The van der Waals surface area contributed by atoms with E-state index < -0.39 is 6.10 Å². The zero-order valence-electron chi connectivity index (χ0n) is 13.5. The van der Waals surface area contributed by atoms with Crippen molar-refractivity contribution in [2.24, 2.45) is 17.6 Å². The topological polar surface area (TPSA) is 64.3 Å². The van der Waals surface area contributed by atoms with Crippen LogP contribution < -0.4 is 15.8 Å². The second kappa shape index (κ2) is 6.87. The van der Waals surface area contributed by atoms with Crippen molar-refractivity contribution < 1.29 is 13.9 Å². The summed E-state index contributed by atoms with van der Waals surface area (Å²) in [6.45, 7) is 1.73. The van der Waals surface area contributed by atoms with Crippen LogP contribution in [0.4, 0.5) is 4.39 Å². The standard InChI is InChI=1S/C18H25FN2O2/c1-11(23-16-7-5-14(19)6-8-16)18(22)21-17-12-3-2-4-13(17)10-15(20)9-12/h5-8,11-13,15,17H,2-4,9-10,20H2,1H3,(H,21,22). The van der Waals surface area contributed by atoms with Crippen molar-refractivity contribution in [1.82, 2.24) is 5.32 Å². The van der Waals surface area contributed by atoms with Gasteiger partial charge in [0.25, 0.3) is 5.91 Å². The molecule has 0 saturated heterocycles. The minimum atomic E-state index is -0.600. The Morgan fingerprint density at radius 3 is 2.48 bits per heavy atom. The molecule has 2 aliphatic carbocycles. The molecule has 0 heterocycles. The number of nitrogens with two attached hydrogens (primary N) is 1. The number of benzene rings is 1. The van der Waals surface area contributed by atoms with Crippen LogP contribution in [0, 0.1) is 17.7 Å². The first kappa shape index (κ1) is 16.2. The van der Waals surface area contributed by atoms with Crippen molar-refractivity contribution in [1.29, 1.82) is 0 Å². The van der Waals surface area contributed by atoms with Crippen LogP contribution in [0.1, 0.15) is 39.0 Å². The average molecular weight is 320 g/mol. The maximum atomic E-state index is 12.9. The van der Waals surface area contributed by atoms with Gasteiger partial charge in [0.05, 0.1) is 0 Å². The van der Waals surface area contributed by atoms with E-state index in [-0.39, 0.29) is 23.8 Å². The number of hydrogen-bond donors (Lipinski definition) is 2. The molecule has 3 atom stereocenters. The predicted octanol–water partition coefficient (Wildman–Crippen LogP) is 2.62. The lowest BCUT2D eigenvalue weighted by molar-refractivity contribution is -0.129.